The van der Waals surface area contributed by atoms with Gasteiger partial charge in [-0.1, -0.05) is 0 Å². The fraction of sp³-hybridized carbons (Fsp3) is 0.739. The lowest BCUT2D eigenvalue weighted by Gasteiger charge is -2.31. The highest BCUT2D eigenvalue weighted by Crippen LogP contribution is 2.67. The highest BCUT2D eigenvalue weighted by Gasteiger charge is 2.84. The molecule has 1 aliphatic heterocycles. The van der Waals surface area contributed by atoms with E-state index in [9.17, 15) is 34.0 Å². The molecule has 1 saturated heterocycles. The monoisotopic (exact) mass is 576 g/mol. The summed E-state index contributed by atoms with van der Waals surface area (Å²) in [7, 11) is -4.26. The molecule has 5 N–H and O–H groups in total. The predicted octanol–water partition coefficient (Wildman–Crippen LogP) is -0.326. The lowest BCUT2D eigenvalue weighted by molar-refractivity contribution is -0.149. The van der Waals surface area contributed by atoms with Crippen LogP contribution in [0.15, 0.2) is 21.9 Å². The van der Waals surface area contributed by atoms with Crippen molar-refractivity contribution in [2.24, 2.45) is 0 Å². The zero-order valence-electron chi connectivity index (χ0n) is 22.9. The number of esters is 2. The largest absolute Gasteiger partial charge is 0.462 e. The second kappa shape index (κ2) is 10.9. The van der Waals surface area contributed by atoms with E-state index < -0.39 is 84.8 Å². The molecule has 0 amide bonds. The van der Waals surface area contributed by atoms with Crippen molar-refractivity contribution in [1.82, 2.24) is 19.7 Å². The molecule has 0 bridgehead atoms. The second-order valence-corrected chi connectivity index (χ2v) is 12.5. The Labute approximate surface area is 224 Å². The van der Waals surface area contributed by atoms with Crippen LogP contribution in [0.25, 0.3) is 0 Å². The molecule has 2 aliphatic rings. The van der Waals surface area contributed by atoms with Gasteiger partial charge in [0.15, 0.2) is 6.23 Å². The van der Waals surface area contributed by atoms with Gasteiger partial charge in [0, 0.05) is 18.7 Å². The summed E-state index contributed by atoms with van der Waals surface area (Å²) in [5.74, 6) is -1.46. The Morgan fingerprint density at radius 1 is 1.10 bits per heavy atom. The van der Waals surface area contributed by atoms with Gasteiger partial charge in [0.25, 0.3) is 5.56 Å². The second-order valence-electron chi connectivity index (χ2n) is 10.7. The summed E-state index contributed by atoms with van der Waals surface area (Å²) < 4.78 is 36.7. The quantitative estimate of drug-likeness (QED) is 0.160. The van der Waals surface area contributed by atoms with Crippen LogP contribution in [0, 0.1) is 0 Å². The first-order valence-corrected chi connectivity index (χ1v) is 14.1. The summed E-state index contributed by atoms with van der Waals surface area (Å²) in [6.45, 7) is 10.0. The lowest BCUT2D eigenvalue weighted by atomic mass is 9.94. The first kappa shape index (κ1) is 31.1. The number of carbonyl (C=O) groups is 2. The summed E-state index contributed by atoms with van der Waals surface area (Å²) in [6, 6.07) is -1.24. The third-order valence-corrected chi connectivity index (χ3v) is 8.49. The van der Waals surface area contributed by atoms with E-state index >= 15 is 0 Å². The van der Waals surface area contributed by atoms with Gasteiger partial charge in [0.1, 0.15) is 28.9 Å². The molecular formula is C23H37N4O11P. The Bertz CT molecular complexity index is 1230. The zero-order chi connectivity index (χ0) is 29.6. The van der Waals surface area contributed by atoms with Crippen LogP contribution < -0.4 is 21.4 Å². The fourth-order valence-corrected chi connectivity index (χ4v) is 6.26. The normalized spacial score (nSPS) is 30.9. The van der Waals surface area contributed by atoms with Crippen LogP contribution in [0.4, 0.5) is 0 Å². The van der Waals surface area contributed by atoms with Crippen LogP contribution in [0.1, 0.15) is 61.1 Å². The summed E-state index contributed by atoms with van der Waals surface area (Å²) in [5.41, 5.74) is -7.09. The minimum Gasteiger partial charge on any atom is -0.462 e. The number of aromatic amines is 1. The maximum absolute atomic E-state index is 13.9. The van der Waals surface area contributed by atoms with Crippen molar-refractivity contribution in [1.29, 1.82) is 0 Å². The van der Waals surface area contributed by atoms with Gasteiger partial charge in [0.2, 0.25) is 0 Å². The molecule has 1 aromatic rings. The molecule has 1 aromatic heterocycles. The standard InChI is InChI=1S/C23H37N4O11P/c1-12(2)36-17(29)14(5)25-39(34,26-15(6)18(30)37-13(3)4)35-11-22-10-23(22,33)21(7,32)19(38-22)27-9-8-16(28)24-20(27)31/h8-9,12-15,19,32-33H,10-11H2,1-7H3,(H,24,28,31)(H2,25,26,34). The molecule has 1 saturated carbocycles. The Morgan fingerprint density at radius 3 is 2.08 bits per heavy atom. The Hall–Kier alpha value is -2.39. The molecule has 0 aromatic carbocycles. The molecule has 6 atom stereocenters. The molecule has 0 radical (unpaired) electrons. The smallest absolute Gasteiger partial charge is 0.342 e. The van der Waals surface area contributed by atoms with Crippen LogP contribution in [0.3, 0.4) is 0 Å². The SMILES string of the molecule is CC(C)OC(=O)C(C)NP(=O)(NC(C)C(=O)OC(C)C)OCC12CC1(O)C(C)(O)C(n1ccc(=O)[nH]c1=O)O2. The summed E-state index contributed by atoms with van der Waals surface area (Å²) in [5, 5.41) is 27.5. The van der Waals surface area contributed by atoms with Gasteiger partial charge < -0.3 is 28.9 Å². The number of rotatable bonds is 12. The minimum absolute atomic E-state index is 0.141. The molecule has 39 heavy (non-hydrogen) atoms. The minimum atomic E-state index is -4.26. The molecular weight excluding hydrogens is 539 g/mol. The van der Waals surface area contributed by atoms with Crippen molar-refractivity contribution in [2.45, 2.75) is 102 Å². The number of hydrogen-bond donors (Lipinski definition) is 5. The Morgan fingerprint density at radius 2 is 1.62 bits per heavy atom. The number of ether oxygens (including phenoxy) is 3. The maximum atomic E-state index is 13.9. The van der Waals surface area contributed by atoms with Crippen LogP contribution in [-0.2, 0) is 32.9 Å². The van der Waals surface area contributed by atoms with Crippen molar-refractivity contribution in [2.75, 3.05) is 6.61 Å². The number of nitrogens with one attached hydrogen (secondary N) is 3. The van der Waals surface area contributed by atoms with E-state index in [1.807, 2.05) is 0 Å². The van der Waals surface area contributed by atoms with Crippen molar-refractivity contribution >= 4 is 19.6 Å². The first-order chi connectivity index (χ1) is 17.9. The van der Waals surface area contributed by atoms with E-state index in [-0.39, 0.29) is 6.42 Å². The van der Waals surface area contributed by atoms with Crippen LogP contribution in [0.2, 0.25) is 0 Å². The number of hydrogen-bond acceptors (Lipinski definition) is 11. The summed E-state index contributed by atoms with van der Waals surface area (Å²) >= 11 is 0. The predicted molar refractivity (Wildman–Crippen MR) is 136 cm³/mol. The van der Waals surface area contributed by atoms with E-state index in [4.69, 9.17) is 18.7 Å². The van der Waals surface area contributed by atoms with Crippen molar-refractivity contribution in [3.8, 4) is 0 Å². The van der Waals surface area contributed by atoms with E-state index in [0.29, 0.717) is 0 Å². The molecule has 6 unspecified atom stereocenters. The fourth-order valence-electron chi connectivity index (χ4n) is 4.42. The summed E-state index contributed by atoms with van der Waals surface area (Å²) in [6.07, 6.45) is -1.35. The maximum Gasteiger partial charge on any atom is 0.342 e. The van der Waals surface area contributed by atoms with Gasteiger partial charge in [-0.05, 0) is 48.5 Å². The third-order valence-electron chi connectivity index (χ3n) is 6.55. The van der Waals surface area contributed by atoms with Gasteiger partial charge in [-0.2, -0.15) is 0 Å². The van der Waals surface area contributed by atoms with Gasteiger partial charge in [-0.3, -0.25) is 28.5 Å². The number of H-pyrrole nitrogens is 1. The molecule has 16 heteroatoms. The average Bonchev–Trinajstić information content (AvgIpc) is 3.36. The van der Waals surface area contributed by atoms with E-state index in [1.165, 1.54) is 20.8 Å². The highest BCUT2D eigenvalue weighted by atomic mass is 31.2. The third kappa shape index (κ3) is 6.19. The topological polar surface area (TPSA) is 208 Å². The van der Waals surface area contributed by atoms with E-state index in [1.54, 1.807) is 27.7 Å². The van der Waals surface area contributed by atoms with Crippen LogP contribution in [-0.4, -0.2) is 79.4 Å². The van der Waals surface area contributed by atoms with Gasteiger partial charge in [-0.25, -0.2) is 15.0 Å². The summed E-state index contributed by atoms with van der Waals surface area (Å²) in [4.78, 5) is 50.6. The molecule has 220 valence electrons. The number of carbonyl (C=O) groups excluding carboxylic acids is 2. The van der Waals surface area contributed by atoms with Gasteiger partial charge in [-0.15, -0.1) is 0 Å². The van der Waals surface area contributed by atoms with Crippen LogP contribution in [0.5, 0.6) is 0 Å². The van der Waals surface area contributed by atoms with E-state index in [2.05, 4.69) is 15.2 Å². The highest BCUT2D eigenvalue weighted by molar-refractivity contribution is 7.54. The van der Waals surface area contributed by atoms with Crippen molar-refractivity contribution in [3.63, 3.8) is 0 Å². The van der Waals surface area contributed by atoms with Crippen LogP contribution >= 0.6 is 7.67 Å². The number of nitrogens with zero attached hydrogens (tertiary/aromatic N) is 1. The zero-order valence-corrected chi connectivity index (χ0v) is 23.8. The molecule has 2 fully saturated rings. The van der Waals surface area contributed by atoms with Crippen molar-refractivity contribution < 1.29 is 43.1 Å². The number of fused-ring (bicyclic) bond motifs is 1. The van der Waals surface area contributed by atoms with Crippen molar-refractivity contribution in [3.05, 3.63) is 33.1 Å². The lowest BCUT2D eigenvalue weighted by Crippen LogP contribution is -2.49. The molecule has 1 aliphatic carbocycles. The molecule has 0 spiro atoms. The molecule has 15 nitrogen and oxygen atoms in total. The number of aromatic nitrogens is 2. The van der Waals surface area contributed by atoms with E-state index in [0.717, 1.165) is 16.8 Å². The Balaban J connectivity index is 1.84. The average molecular weight is 577 g/mol. The number of aliphatic hydroxyl groups is 2. The van der Waals surface area contributed by atoms with Gasteiger partial charge >= 0.3 is 25.3 Å². The molecule has 2 heterocycles. The Kier molecular flexibility index (Phi) is 8.69. The van der Waals surface area contributed by atoms with Gasteiger partial charge in [0.05, 0.1) is 18.8 Å². The molecule has 3 rings (SSSR count). The first-order valence-electron chi connectivity index (χ1n) is 12.5.